The van der Waals surface area contributed by atoms with Gasteiger partial charge >= 0.3 is 11.8 Å². The van der Waals surface area contributed by atoms with E-state index >= 15 is 0 Å². The van der Waals surface area contributed by atoms with Gasteiger partial charge in [0.05, 0.1) is 40.2 Å². The van der Waals surface area contributed by atoms with Crippen molar-refractivity contribution in [3.63, 3.8) is 0 Å². The van der Waals surface area contributed by atoms with Gasteiger partial charge in [0.25, 0.3) is 0 Å². The number of nitrogens with zero attached hydrogens (tertiary/aromatic N) is 6. The van der Waals surface area contributed by atoms with E-state index in [0.717, 1.165) is 33.1 Å². The summed E-state index contributed by atoms with van der Waals surface area (Å²) in [6.07, 6.45) is 5.38. The van der Waals surface area contributed by atoms with E-state index in [9.17, 15) is 9.59 Å². The van der Waals surface area contributed by atoms with Crippen LogP contribution in [0.3, 0.4) is 0 Å². The maximum atomic E-state index is 13.5. The second kappa shape index (κ2) is 9.73. The fourth-order valence-electron chi connectivity index (χ4n) is 5.01. The van der Waals surface area contributed by atoms with Gasteiger partial charge in [0.2, 0.25) is 0 Å². The van der Waals surface area contributed by atoms with Crippen LogP contribution in [-0.4, -0.2) is 60.8 Å². The molecule has 1 fully saturated rings. The van der Waals surface area contributed by atoms with Gasteiger partial charge in [-0.1, -0.05) is 12.1 Å². The van der Waals surface area contributed by atoms with Crippen molar-refractivity contribution in [3.8, 4) is 11.1 Å². The zero-order valence-corrected chi connectivity index (χ0v) is 22.9. The van der Waals surface area contributed by atoms with Gasteiger partial charge in [-0.2, -0.15) is 0 Å². The van der Waals surface area contributed by atoms with E-state index < -0.39 is 5.60 Å². The van der Waals surface area contributed by atoms with Crippen molar-refractivity contribution in [2.45, 2.75) is 38.8 Å². The minimum Gasteiger partial charge on any atom is -0.444 e. The molecule has 4 aromatic rings. The summed E-state index contributed by atoms with van der Waals surface area (Å²) >= 11 is 0. The molecule has 4 heterocycles. The monoisotopic (exact) mass is 530 g/mol. The van der Waals surface area contributed by atoms with Crippen LogP contribution in [0.2, 0.25) is 0 Å². The summed E-state index contributed by atoms with van der Waals surface area (Å²) in [6, 6.07) is 9.57. The molecule has 0 saturated carbocycles. The zero-order valence-electron chi connectivity index (χ0n) is 22.9. The van der Waals surface area contributed by atoms with E-state index in [1.54, 1.807) is 42.2 Å². The third kappa shape index (κ3) is 5.05. The number of nitrogens with two attached hydrogens (primary N) is 2. The molecule has 1 aliphatic rings. The van der Waals surface area contributed by atoms with Gasteiger partial charge in [0.15, 0.2) is 0 Å². The average molecular weight is 531 g/mol. The number of fused-ring (bicyclic) bond motifs is 3. The third-order valence-electron chi connectivity index (χ3n) is 6.83. The van der Waals surface area contributed by atoms with Crippen LogP contribution in [0.15, 0.2) is 53.7 Å². The van der Waals surface area contributed by atoms with Crippen molar-refractivity contribution in [1.82, 2.24) is 29.0 Å². The number of aromatic nitrogens is 4. The summed E-state index contributed by atoms with van der Waals surface area (Å²) in [7, 11) is 3.44. The lowest BCUT2D eigenvalue weighted by Crippen LogP contribution is -2.36. The van der Waals surface area contributed by atoms with Gasteiger partial charge in [-0.3, -0.25) is 19.1 Å². The molecule has 204 valence electrons. The van der Waals surface area contributed by atoms with E-state index in [4.69, 9.17) is 16.3 Å². The lowest BCUT2D eigenvalue weighted by Gasteiger charge is -2.24. The van der Waals surface area contributed by atoms with Crippen molar-refractivity contribution in [1.29, 1.82) is 0 Å². The highest BCUT2D eigenvalue weighted by atomic mass is 16.6. The largest absolute Gasteiger partial charge is 0.444 e. The van der Waals surface area contributed by atoms with E-state index in [0.29, 0.717) is 30.9 Å². The molecular formula is C28H34N8O3. The molecule has 0 bridgehead atoms. The molecule has 11 heteroatoms. The molecule has 0 spiro atoms. The van der Waals surface area contributed by atoms with Crippen LogP contribution >= 0.6 is 0 Å². The molecule has 1 saturated heterocycles. The number of amides is 1. The highest BCUT2D eigenvalue weighted by molar-refractivity contribution is 6.04. The van der Waals surface area contributed by atoms with Crippen LogP contribution in [0.4, 0.5) is 4.79 Å². The van der Waals surface area contributed by atoms with Gasteiger partial charge in [-0.25, -0.2) is 15.4 Å². The Morgan fingerprint density at radius 3 is 2.56 bits per heavy atom. The minimum absolute atomic E-state index is 0.140. The molecule has 11 nitrogen and oxygen atoms in total. The summed E-state index contributed by atoms with van der Waals surface area (Å²) in [6.45, 7) is 6.45. The Labute approximate surface area is 226 Å². The maximum absolute atomic E-state index is 13.5. The summed E-state index contributed by atoms with van der Waals surface area (Å²) in [4.78, 5) is 37.0. The summed E-state index contributed by atoms with van der Waals surface area (Å²) in [5.74, 6) is 5.66. The Balaban J connectivity index is 1.56. The van der Waals surface area contributed by atoms with Gasteiger partial charge < -0.3 is 20.4 Å². The second-order valence-electron chi connectivity index (χ2n) is 11.0. The molecule has 5 rings (SSSR count). The molecule has 1 unspecified atom stereocenters. The van der Waals surface area contributed by atoms with Crippen LogP contribution in [0.5, 0.6) is 0 Å². The predicted molar refractivity (Wildman–Crippen MR) is 151 cm³/mol. The number of carbonyl (C=O) groups excluding carboxylic acids is 1. The summed E-state index contributed by atoms with van der Waals surface area (Å²) < 4.78 is 8.99. The fourth-order valence-corrected chi connectivity index (χ4v) is 5.01. The SMILES string of the molecule is CN(N)/C=C(\N)c1ccc(-c2ccc3ncc4c(c3c2)n(C2CCN(C(=O)OC(C)(C)C)C2)c(=O)n4C)cn1. The van der Waals surface area contributed by atoms with Crippen LogP contribution < -0.4 is 17.3 Å². The van der Waals surface area contributed by atoms with Gasteiger partial charge in [-0.05, 0) is 51.0 Å². The summed E-state index contributed by atoms with van der Waals surface area (Å²) in [5.41, 5.74) is 10.6. The van der Waals surface area contributed by atoms with Crippen molar-refractivity contribution >= 4 is 33.7 Å². The number of aryl methyl sites for hydroxylation is 1. The Morgan fingerprint density at radius 2 is 1.90 bits per heavy atom. The number of hydrogen-bond acceptors (Lipinski definition) is 8. The normalized spacial score (nSPS) is 16.3. The minimum atomic E-state index is -0.584. The first-order valence-electron chi connectivity index (χ1n) is 12.8. The van der Waals surface area contributed by atoms with E-state index in [2.05, 4.69) is 9.97 Å². The summed E-state index contributed by atoms with van der Waals surface area (Å²) in [5, 5.41) is 2.23. The molecule has 3 aromatic heterocycles. The lowest BCUT2D eigenvalue weighted by molar-refractivity contribution is 0.0289. The van der Waals surface area contributed by atoms with Crippen LogP contribution in [0.25, 0.3) is 38.8 Å². The first kappa shape index (κ1) is 26.2. The molecular weight excluding hydrogens is 496 g/mol. The quantitative estimate of drug-likeness (QED) is 0.303. The Morgan fingerprint density at radius 1 is 1.15 bits per heavy atom. The number of hydrazine groups is 1. The highest BCUT2D eigenvalue weighted by Crippen LogP contribution is 2.32. The number of carbonyl (C=O) groups is 1. The Bertz CT molecular complexity index is 1640. The highest BCUT2D eigenvalue weighted by Gasteiger charge is 2.33. The first-order chi connectivity index (χ1) is 18.4. The first-order valence-corrected chi connectivity index (χ1v) is 12.8. The number of imidazole rings is 1. The molecule has 1 amide bonds. The average Bonchev–Trinajstić information content (AvgIpc) is 3.46. The van der Waals surface area contributed by atoms with Crippen molar-refractivity contribution in [3.05, 3.63) is 65.1 Å². The zero-order chi connectivity index (χ0) is 28.1. The number of pyridine rings is 2. The van der Waals surface area contributed by atoms with Crippen LogP contribution in [0, 0.1) is 0 Å². The Kier molecular flexibility index (Phi) is 6.55. The molecule has 4 N–H and O–H groups in total. The maximum Gasteiger partial charge on any atom is 0.410 e. The molecule has 0 aliphatic carbocycles. The lowest BCUT2D eigenvalue weighted by atomic mass is 10.0. The van der Waals surface area contributed by atoms with Gasteiger partial charge in [0.1, 0.15) is 5.60 Å². The van der Waals surface area contributed by atoms with Crippen molar-refractivity contribution in [2.24, 2.45) is 18.6 Å². The third-order valence-corrected chi connectivity index (χ3v) is 6.83. The van der Waals surface area contributed by atoms with Crippen molar-refractivity contribution < 1.29 is 9.53 Å². The number of benzene rings is 1. The standard InChI is InChI=1S/C28H34N8O3/c1-28(2,3)39-27(38)35-11-10-19(15-35)36-25-20-12-17(6-8-22(20)32-14-24(25)34(5)26(36)37)18-7-9-23(31-13-18)21(29)16-33(4)30/h6-9,12-14,16,19H,10-11,15,29-30H2,1-5H3/b21-16-. The number of ether oxygens (including phenoxy) is 1. The second-order valence-corrected chi connectivity index (χ2v) is 11.0. The molecule has 1 atom stereocenters. The fraction of sp³-hybridized carbons (Fsp3) is 0.357. The molecule has 1 aromatic carbocycles. The smallest absolute Gasteiger partial charge is 0.410 e. The van der Waals surface area contributed by atoms with Gasteiger partial charge in [-0.15, -0.1) is 0 Å². The van der Waals surface area contributed by atoms with Crippen LogP contribution in [0.1, 0.15) is 38.9 Å². The number of hydrogen-bond donors (Lipinski definition) is 2. The van der Waals surface area contributed by atoms with E-state index in [-0.39, 0.29) is 17.8 Å². The predicted octanol–water partition coefficient (Wildman–Crippen LogP) is 3.19. The topological polar surface area (TPSA) is 138 Å². The number of likely N-dealkylation sites (tertiary alicyclic amines) is 1. The van der Waals surface area contributed by atoms with E-state index in [1.165, 1.54) is 5.01 Å². The molecule has 1 aliphatic heterocycles. The van der Waals surface area contributed by atoms with Crippen LogP contribution in [-0.2, 0) is 11.8 Å². The number of rotatable bonds is 4. The van der Waals surface area contributed by atoms with Crippen molar-refractivity contribution in [2.75, 3.05) is 20.1 Å². The van der Waals surface area contributed by atoms with E-state index in [1.807, 2.05) is 55.7 Å². The molecule has 39 heavy (non-hydrogen) atoms. The molecule has 0 radical (unpaired) electrons. The Hall–Kier alpha value is -4.38. The van der Waals surface area contributed by atoms with Gasteiger partial charge in [0, 0.05) is 50.5 Å².